The molecule has 1 aromatic carbocycles. The lowest BCUT2D eigenvalue weighted by molar-refractivity contribution is -0.122. The second-order valence-electron chi connectivity index (χ2n) is 8.38. The van der Waals surface area contributed by atoms with Crippen LogP contribution in [0.4, 0.5) is 5.82 Å². The van der Waals surface area contributed by atoms with Crippen molar-refractivity contribution in [1.82, 2.24) is 14.3 Å². The minimum atomic E-state index is -0.239. The number of nitrogens with one attached hydrogen (secondary N) is 1. The Morgan fingerprint density at radius 1 is 1.24 bits per heavy atom. The van der Waals surface area contributed by atoms with Crippen LogP contribution in [0.5, 0.6) is 0 Å². The number of hydrogen-bond acceptors (Lipinski definition) is 7. The molecule has 0 bridgehead atoms. The molecule has 1 unspecified atom stereocenters. The zero-order chi connectivity index (χ0) is 23.7. The number of aromatic nitrogens is 2. The normalized spacial score (nSPS) is 19.5. The van der Waals surface area contributed by atoms with E-state index in [4.69, 9.17) is 21.9 Å². The van der Waals surface area contributed by atoms with Crippen LogP contribution < -0.4 is 10.9 Å². The highest BCUT2D eigenvalue weighted by atomic mass is 32.2. The molecule has 2 aromatic heterocycles. The van der Waals surface area contributed by atoms with Gasteiger partial charge in [-0.3, -0.25) is 18.9 Å². The summed E-state index contributed by atoms with van der Waals surface area (Å²) in [7, 11) is 0. The number of rotatable bonds is 6. The maximum Gasteiger partial charge on any atom is 0.267 e. The van der Waals surface area contributed by atoms with Crippen LogP contribution in [-0.2, 0) is 16.1 Å². The van der Waals surface area contributed by atoms with Crippen molar-refractivity contribution >= 4 is 51.7 Å². The van der Waals surface area contributed by atoms with Crippen LogP contribution in [0, 0.1) is 6.92 Å². The number of pyridine rings is 1. The summed E-state index contributed by atoms with van der Waals surface area (Å²) in [5, 5.41) is 3.29. The van der Waals surface area contributed by atoms with E-state index in [-0.39, 0.29) is 17.6 Å². The molecule has 2 fully saturated rings. The Morgan fingerprint density at radius 2 is 2.06 bits per heavy atom. The van der Waals surface area contributed by atoms with Crippen molar-refractivity contribution in [1.29, 1.82) is 0 Å². The zero-order valence-corrected chi connectivity index (χ0v) is 20.3. The number of hydrogen-bond donors (Lipinski definition) is 1. The maximum absolute atomic E-state index is 13.5. The van der Waals surface area contributed by atoms with Crippen LogP contribution in [0.1, 0.15) is 29.5 Å². The summed E-state index contributed by atoms with van der Waals surface area (Å²) in [6.07, 6.45) is 5.44. The number of benzene rings is 1. The average Bonchev–Trinajstić information content (AvgIpc) is 3.45. The number of amides is 1. The lowest BCUT2D eigenvalue weighted by Gasteiger charge is -2.15. The first kappa shape index (κ1) is 22.8. The van der Waals surface area contributed by atoms with E-state index in [1.165, 1.54) is 16.2 Å². The summed E-state index contributed by atoms with van der Waals surface area (Å²) in [4.78, 5) is 33.4. The summed E-state index contributed by atoms with van der Waals surface area (Å²) >= 11 is 6.70. The minimum absolute atomic E-state index is 0.0789. The Balaban J connectivity index is 1.51. The van der Waals surface area contributed by atoms with Gasteiger partial charge in [0.25, 0.3) is 11.5 Å². The number of nitrogens with zero attached hydrogens (tertiary/aromatic N) is 3. The summed E-state index contributed by atoms with van der Waals surface area (Å²) < 4.78 is 7.70. The fraction of sp³-hybridized carbons (Fsp3) is 0.280. The molecule has 0 radical (unpaired) electrons. The van der Waals surface area contributed by atoms with E-state index in [0.717, 1.165) is 30.6 Å². The van der Waals surface area contributed by atoms with Crippen molar-refractivity contribution in [2.75, 3.05) is 18.5 Å². The summed E-state index contributed by atoms with van der Waals surface area (Å²) in [6.45, 7) is 3.60. The molecule has 0 aliphatic carbocycles. The van der Waals surface area contributed by atoms with Gasteiger partial charge >= 0.3 is 0 Å². The topological polar surface area (TPSA) is 75.9 Å². The van der Waals surface area contributed by atoms with Gasteiger partial charge in [0.1, 0.15) is 15.8 Å². The first-order valence-electron chi connectivity index (χ1n) is 11.2. The highest BCUT2D eigenvalue weighted by Gasteiger charge is 2.32. The lowest BCUT2D eigenvalue weighted by atomic mass is 10.2. The van der Waals surface area contributed by atoms with E-state index in [9.17, 15) is 9.59 Å². The molecule has 34 heavy (non-hydrogen) atoms. The van der Waals surface area contributed by atoms with Crippen molar-refractivity contribution < 1.29 is 9.53 Å². The Labute approximate surface area is 206 Å². The fourth-order valence-electron chi connectivity index (χ4n) is 4.07. The fourth-order valence-corrected chi connectivity index (χ4v) is 5.31. The van der Waals surface area contributed by atoms with Gasteiger partial charge in [0, 0.05) is 19.3 Å². The third kappa shape index (κ3) is 4.64. The SMILES string of the molecule is Cc1ccc2nc(NCC3CCCO3)c(C=C3SC(=S)N(Cc4ccccc4)C3=O)c(=O)n2c1. The van der Waals surface area contributed by atoms with Crippen molar-refractivity contribution in [2.45, 2.75) is 32.4 Å². The molecule has 3 aromatic rings. The third-order valence-electron chi connectivity index (χ3n) is 5.86. The van der Waals surface area contributed by atoms with E-state index in [0.29, 0.717) is 39.3 Å². The first-order chi connectivity index (χ1) is 16.5. The zero-order valence-electron chi connectivity index (χ0n) is 18.7. The van der Waals surface area contributed by atoms with E-state index < -0.39 is 0 Å². The minimum Gasteiger partial charge on any atom is -0.376 e. The second-order valence-corrected chi connectivity index (χ2v) is 10.1. The number of carbonyl (C=O) groups excluding carboxylic acids is 1. The molecule has 2 aliphatic heterocycles. The first-order valence-corrected chi connectivity index (χ1v) is 12.4. The molecule has 2 saturated heterocycles. The van der Waals surface area contributed by atoms with Crippen LogP contribution in [0.3, 0.4) is 0 Å². The van der Waals surface area contributed by atoms with Gasteiger partial charge in [-0.15, -0.1) is 0 Å². The average molecular weight is 493 g/mol. The molecule has 1 N–H and O–H groups in total. The van der Waals surface area contributed by atoms with Crippen molar-refractivity contribution in [3.63, 3.8) is 0 Å². The highest BCUT2D eigenvalue weighted by molar-refractivity contribution is 8.26. The van der Waals surface area contributed by atoms with Crippen LogP contribution in [0.25, 0.3) is 11.7 Å². The molecular formula is C25H24N4O3S2. The van der Waals surface area contributed by atoms with Gasteiger partial charge in [0.15, 0.2) is 0 Å². The molecule has 2 aliphatic rings. The predicted molar refractivity (Wildman–Crippen MR) is 139 cm³/mol. The standard InChI is InChI=1S/C25H24N4O3S2/c1-16-9-10-21-27-22(26-13-18-8-5-11-32-18)19(23(30)28(21)14-16)12-20-24(31)29(25(33)34-20)15-17-6-3-2-4-7-17/h2-4,6-7,9-10,12,14,18,26H,5,8,11,13,15H2,1H3. The molecule has 9 heteroatoms. The van der Waals surface area contributed by atoms with Gasteiger partial charge in [0.2, 0.25) is 0 Å². The number of thiocarbonyl (C=S) groups is 1. The van der Waals surface area contributed by atoms with Gasteiger partial charge in [-0.05, 0) is 43.0 Å². The monoisotopic (exact) mass is 492 g/mol. The van der Waals surface area contributed by atoms with E-state index in [1.54, 1.807) is 17.2 Å². The predicted octanol–water partition coefficient (Wildman–Crippen LogP) is 4.00. The quantitative estimate of drug-likeness (QED) is 0.412. The molecule has 0 spiro atoms. The molecule has 4 heterocycles. The highest BCUT2D eigenvalue weighted by Crippen LogP contribution is 2.34. The maximum atomic E-state index is 13.5. The van der Waals surface area contributed by atoms with E-state index in [2.05, 4.69) is 5.32 Å². The summed E-state index contributed by atoms with van der Waals surface area (Å²) in [5.41, 5.74) is 2.57. The smallest absolute Gasteiger partial charge is 0.267 e. The van der Waals surface area contributed by atoms with Crippen molar-refractivity contribution in [2.24, 2.45) is 0 Å². The Hall–Kier alpha value is -3.01. The Bertz CT molecular complexity index is 1350. The number of fused-ring (bicyclic) bond motifs is 1. The third-order valence-corrected chi connectivity index (χ3v) is 7.24. The molecular weight excluding hydrogens is 468 g/mol. The molecule has 0 saturated carbocycles. The molecule has 1 amide bonds. The Morgan fingerprint density at radius 3 is 2.82 bits per heavy atom. The molecule has 174 valence electrons. The van der Waals surface area contributed by atoms with Gasteiger partial charge in [0.05, 0.1) is 23.1 Å². The van der Waals surface area contributed by atoms with Crippen LogP contribution in [0.15, 0.2) is 58.4 Å². The van der Waals surface area contributed by atoms with Crippen LogP contribution >= 0.6 is 24.0 Å². The van der Waals surface area contributed by atoms with Gasteiger partial charge in [-0.25, -0.2) is 4.98 Å². The lowest BCUT2D eigenvalue weighted by Crippen LogP contribution is -2.27. The molecule has 7 nitrogen and oxygen atoms in total. The van der Waals surface area contributed by atoms with Gasteiger partial charge in [-0.1, -0.05) is 60.4 Å². The molecule has 1 atom stereocenters. The summed E-state index contributed by atoms with van der Waals surface area (Å²) in [5.74, 6) is 0.232. The second kappa shape index (κ2) is 9.69. The number of aryl methyl sites for hydroxylation is 1. The van der Waals surface area contributed by atoms with Crippen LogP contribution in [-0.4, -0.2) is 43.8 Å². The molecule has 5 rings (SSSR count). The number of anilines is 1. The largest absolute Gasteiger partial charge is 0.376 e. The summed E-state index contributed by atoms with van der Waals surface area (Å²) in [6, 6.07) is 13.4. The van der Waals surface area contributed by atoms with E-state index >= 15 is 0 Å². The van der Waals surface area contributed by atoms with Crippen molar-refractivity contribution in [3.8, 4) is 0 Å². The Kier molecular flexibility index (Phi) is 6.49. The van der Waals surface area contributed by atoms with Crippen molar-refractivity contribution in [3.05, 3.63) is 80.6 Å². The van der Waals surface area contributed by atoms with Gasteiger partial charge in [-0.2, -0.15) is 0 Å². The van der Waals surface area contributed by atoms with E-state index in [1.807, 2.05) is 49.4 Å². The number of carbonyl (C=O) groups is 1. The van der Waals surface area contributed by atoms with Gasteiger partial charge < -0.3 is 10.1 Å². The van der Waals surface area contributed by atoms with Crippen LogP contribution in [0.2, 0.25) is 0 Å². The number of ether oxygens (including phenoxy) is 1. The number of thioether (sulfide) groups is 1.